The van der Waals surface area contributed by atoms with Crippen LogP contribution in [0.25, 0.3) is 0 Å². The third-order valence-electron chi connectivity index (χ3n) is 2.48. The van der Waals surface area contributed by atoms with Crippen LogP contribution in [-0.4, -0.2) is 21.5 Å². The molecule has 0 amide bonds. The van der Waals surface area contributed by atoms with Gasteiger partial charge in [-0.2, -0.15) is 0 Å². The van der Waals surface area contributed by atoms with Gasteiger partial charge in [0.15, 0.2) is 0 Å². The van der Waals surface area contributed by atoms with Gasteiger partial charge in [0.05, 0.1) is 11.5 Å². The molecule has 0 fully saturated rings. The molecule has 0 spiro atoms. The molecule has 98 valence electrons. The van der Waals surface area contributed by atoms with Gasteiger partial charge in [0, 0.05) is 24.0 Å². The lowest BCUT2D eigenvalue weighted by molar-refractivity contribution is -0.385. The van der Waals surface area contributed by atoms with E-state index in [0.29, 0.717) is 12.5 Å². The Bertz CT molecular complexity index is 529. The molecular weight excluding hydrogens is 246 g/mol. The van der Waals surface area contributed by atoms with E-state index < -0.39 is 4.92 Å². The molecule has 2 aromatic heterocycles. The van der Waals surface area contributed by atoms with Gasteiger partial charge in [-0.15, -0.1) is 0 Å². The molecule has 0 aliphatic heterocycles. The molecular formula is C13H13N3O3. The highest BCUT2D eigenvalue weighted by Gasteiger charge is 2.05. The van der Waals surface area contributed by atoms with Crippen molar-refractivity contribution in [1.82, 2.24) is 9.97 Å². The molecule has 2 rings (SSSR count). The van der Waals surface area contributed by atoms with Crippen molar-refractivity contribution in [1.29, 1.82) is 0 Å². The van der Waals surface area contributed by atoms with Crippen molar-refractivity contribution < 1.29 is 9.66 Å². The fourth-order valence-corrected chi connectivity index (χ4v) is 1.54. The number of pyridine rings is 2. The molecule has 0 bridgehead atoms. The summed E-state index contributed by atoms with van der Waals surface area (Å²) in [6.45, 7) is 0.501. The second kappa shape index (κ2) is 6.44. The minimum absolute atomic E-state index is 0.0409. The number of hydrogen-bond donors (Lipinski definition) is 0. The Labute approximate surface area is 110 Å². The molecule has 2 heterocycles. The first-order chi connectivity index (χ1) is 9.25. The van der Waals surface area contributed by atoms with E-state index in [1.807, 2.05) is 18.2 Å². The first-order valence-electron chi connectivity index (χ1n) is 5.89. The zero-order valence-electron chi connectivity index (χ0n) is 10.2. The molecule has 6 nitrogen and oxygen atoms in total. The molecule has 0 N–H and O–H groups in total. The van der Waals surface area contributed by atoms with Crippen molar-refractivity contribution in [2.24, 2.45) is 0 Å². The lowest BCUT2D eigenvalue weighted by Gasteiger charge is -2.04. The van der Waals surface area contributed by atoms with Crippen LogP contribution in [-0.2, 0) is 6.42 Å². The minimum Gasteiger partial charge on any atom is -0.478 e. The first kappa shape index (κ1) is 12.9. The van der Waals surface area contributed by atoms with Gasteiger partial charge in [0.25, 0.3) is 5.69 Å². The summed E-state index contributed by atoms with van der Waals surface area (Å²) in [5.41, 5.74) is 0.976. The van der Waals surface area contributed by atoms with Crippen molar-refractivity contribution in [2.75, 3.05) is 6.61 Å². The predicted octanol–water partition coefficient (Wildman–Crippen LogP) is 2.40. The Balaban J connectivity index is 1.75. The molecule has 0 saturated heterocycles. The number of hydrogen-bond acceptors (Lipinski definition) is 5. The lowest BCUT2D eigenvalue weighted by atomic mass is 10.2. The molecule has 0 aromatic carbocycles. The van der Waals surface area contributed by atoms with Crippen LogP contribution in [0.2, 0.25) is 0 Å². The maximum atomic E-state index is 10.4. The lowest BCUT2D eigenvalue weighted by Crippen LogP contribution is -2.01. The zero-order valence-corrected chi connectivity index (χ0v) is 10.2. The average Bonchev–Trinajstić information content (AvgIpc) is 2.45. The average molecular weight is 259 g/mol. The molecule has 0 aliphatic rings. The van der Waals surface area contributed by atoms with E-state index in [1.54, 1.807) is 6.20 Å². The van der Waals surface area contributed by atoms with Crippen molar-refractivity contribution in [3.05, 3.63) is 58.5 Å². The monoisotopic (exact) mass is 259 g/mol. The van der Waals surface area contributed by atoms with E-state index in [0.717, 1.165) is 18.5 Å². The van der Waals surface area contributed by atoms with Crippen LogP contribution in [0.15, 0.2) is 42.7 Å². The molecule has 0 saturated carbocycles. The third-order valence-corrected chi connectivity index (χ3v) is 2.48. The highest BCUT2D eigenvalue weighted by molar-refractivity contribution is 5.28. The molecule has 0 radical (unpaired) electrons. The highest BCUT2D eigenvalue weighted by Crippen LogP contribution is 2.13. The maximum absolute atomic E-state index is 10.4. The standard InChI is InChI=1S/C13H13N3O3/c17-16(18)12-6-7-13(15-10-12)19-9-3-5-11-4-1-2-8-14-11/h1-2,4,6-8,10H,3,5,9H2. The van der Waals surface area contributed by atoms with Crippen molar-refractivity contribution in [2.45, 2.75) is 12.8 Å². The summed E-state index contributed by atoms with van der Waals surface area (Å²) in [5.74, 6) is 0.395. The van der Waals surface area contributed by atoms with Gasteiger partial charge in [0.2, 0.25) is 5.88 Å². The molecule has 6 heteroatoms. The van der Waals surface area contributed by atoms with Crippen LogP contribution in [0.1, 0.15) is 12.1 Å². The summed E-state index contributed by atoms with van der Waals surface area (Å²) in [7, 11) is 0. The topological polar surface area (TPSA) is 78.2 Å². The molecule has 0 aliphatic carbocycles. The van der Waals surface area contributed by atoms with Gasteiger partial charge in [-0.1, -0.05) is 6.07 Å². The van der Waals surface area contributed by atoms with E-state index in [9.17, 15) is 10.1 Å². The summed E-state index contributed by atoms with van der Waals surface area (Å²) in [6, 6.07) is 8.66. The normalized spacial score (nSPS) is 10.1. The second-order valence-electron chi connectivity index (χ2n) is 3.88. The Hall–Kier alpha value is -2.50. The van der Waals surface area contributed by atoms with Crippen molar-refractivity contribution >= 4 is 5.69 Å². The Morgan fingerprint density at radius 1 is 1.21 bits per heavy atom. The Kier molecular flexibility index (Phi) is 4.39. The van der Waals surface area contributed by atoms with Crippen LogP contribution in [0, 0.1) is 10.1 Å². The van der Waals surface area contributed by atoms with Crippen LogP contribution >= 0.6 is 0 Å². The number of aryl methyl sites for hydroxylation is 1. The summed E-state index contributed by atoms with van der Waals surface area (Å²) in [4.78, 5) is 18.0. The molecule has 0 atom stereocenters. The SMILES string of the molecule is O=[N+]([O-])c1ccc(OCCCc2ccccn2)nc1. The smallest absolute Gasteiger partial charge is 0.287 e. The van der Waals surface area contributed by atoms with Gasteiger partial charge in [-0.3, -0.25) is 15.1 Å². The van der Waals surface area contributed by atoms with E-state index in [4.69, 9.17) is 4.74 Å². The van der Waals surface area contributed by atoms with Gasteiger partial charge >= 0.3 is 0 Å². The maximum Gasteiger partial charge on any atom is 0.287 e. The quantitative estimate of drug-likeness (QED) is 0.452. The van der Waals surface area contributed by atoms with E-state index in [-0.39, 0.29) is 5.69 Å². The van der Waals surface area contributed by atoms with E-state index in [2.05, 4.69) is 9.97 Å². The van der Waals surface area contributed by atoms with Crippen LogP contribution in [0.3, 0.4) is 0 Å². The van der Waals surface area contributed by atoms with Crippen LogP contribution in [0.5, 0.6) is 5.88 Å². The second-order valence-corrected chi connectivity index (χ2v) is 3.88. The zero-order chi connectivity index (χ0) is 13.5. The molecule has 0 unspecified atom stereocenters. The van der Waals surface area contributed by atoms with Crippen LogP contribution in [0.4, 0.5) is 5.69 Å². The number of ether oxygens (including phenoxy) is 1. The predicted molar refractivity (Wildman–Crippen MR) is 68.9 cm³/mol. The van der Waals surface area contributed by atoms with Crippen LogP contribution < -0.4 is 4.74 Å². The first-order valence-corrected chi connectivity index (χ1v) is 5.89. The van der Waals surface area contributed by atoms with E-state index >= 15 is 0 Å². The summed E-state index contributed by atoms with van der Waals surface area (Å²) in [6.07, 6.45) is 4.59. The van der Waals surface area contributed by atoms with Crippen molar-refractivity contribution in [3.63, 3.8) is 0 Å². The van der Waals surface area contributed by atoms with E-state index in [1.165, 1.54) is 18.3 Å². The fraction of sp³-hybridized carbons (Fsp3) is 0.231. The largest absolute Gasteiger partial charge is 0.478 e. The van der Waals surface area contributed by atoms with Gasteiger partial charge in [-0.05, 0) is 25.0 Å². The highest BCUT2D eigenvalue weighted by atomic mass is 16.6. The molecule has 2 aromatic rings. The van der Waals surface area contributed by atoms with Gasteiger partial charge in [-0.25, -0.2) is 4.98 Å². The Morgan fingerprint density at radius 3 is 2.74 bits per heavy atom. The van der Waals surface area contributed by atoms with Gasteiger partial charge in [0.1, 0.15) is 6.20 Å². The van der Waals surface area contributed by atoms with Gasteiger partial charge < -0.3 is 4.74 Å². The minimum atomic E-state index is -0.488. The number of rotatable bonds is 6. The molecule has 19 heavy (non-hydrogen) atoms. The fourth-order valence-electron chi connectivity index (χ4n) is 1.54. The summed E-state index contributed by atoms with van der Waals surface area (Å²) >= 11 is 0. The Morgan fingerprint density at radius 2 is 2.11 bits per heavy atom. The number of nitro groups is 1. The van der Waals surface area contributed by atoms with Crippen molar-refractivity contribution in [3.8, 4) is 5.88 Å². The summed E-state index contributed by atoms with van der Waals surface area (Å²) in [5, 5.41) is 10.4. The summed E-state index contributed by atoms with van der Waals surface area (Å²) < 4.78 is 5.40. The number of aromatic nitrogens is 2. The number of nitrogens with zero attached hydrogens (tertiary/aromatic N) is 3. The third kappa shape index (κ3) is 4.02.